The molecule has 0 radical (unpaired) electrons. The molecule has 2 heterocycles. The SMILES string of the molecule is CCCCOC(=O)C1=C(C)Nc2nc(SCC)nn2C1c1ccc(OCc2ccc(Cl)cc2Cl)c(OC)c1. The molecule has 1 N–H and O–H groups in total. The standard InChI is InChI=1S/C27H30Cl2N4O4S/c1-5-7-12-36-25(34)23-16(3)30-26-31-27(38-6-2)32-33(26)24(23)17-9-11-21(22(13-17)35-4)37-15-18-8-10-19(28)14-20(18)29/h8-11,13-14,24H,5-7,12,15H2,1-4H3,(H,30,31,32). The molecule has 202 valence electrons. The molecule has 3 aromatic rings. The summed E-state index contributed by atoms with van der Waals surface area (Å²) in [6.45, 7) is 6.52. The Morgan fingerprint density at radius 3 is 2.68 bits per heavy atom. The van der Waals surface area contributed by atoms with Crippen molar-refractivity contribution in [2.45, 2.75) is 51.4 Å². The van der Waals surface area contributed by atoms with Gasteiger partial charge in [-0.1, -0.05) is 67.4 Å². The van der Waals surface area contributed by atoms with Crippen molar-refractivity contribution < 1.29 is 19.0 Å². The van der Waals surface area contributed by atoms with E-state index >= 15 is 0 Å². The molecular weight excluding hydrogens is 547 g/mol. The van der Waals surface area contributed by atoms with Crippen molar-refractivity contribution in [3.05, 3.63) is 68.8 Å². The van der Waals surface area contributed by atoms with E-state index in [-0.39, 0.29) is 6.61 Å². The van der Waals surface area contributed by atoms with Crippen LogP contribution in [0.25, 0.3) is 0 Å². The zero-order chi connectivity index (χ0) is 27.2. The van der Waals surface area contributed by atoms with E-state index in [0.29, 0.717) is 50.5 Å². The molecule has 8 nitrogen and oxygen atoms in total. The van der Waals surface area contributed by atoms with E-state index in [1.807, 2.05) is 38.1 Å². The highest BCUT2D eigenvalue weighted by Crippen LogP contribution is 2.40. The predicted molar refractivity (Wildman–Crippen MR) is 151 cm³/mol. The van der Waals surface area contributed by atoms with E-state index in [4.69, 9.17) is 42.5 Å². The highest BCUT2D eigenvalue weighted by molar-refractivity contribution is 7.99. The van der Waals surface area contributed by atoms with Crippen molar-refractivity contribution in [3.63, 3.8) is 0 Å². The van der Waals surface area contributed by atoms with Gasteiger partial charge in [0, 0.05) is 21.3 Å². The number of allylic oxidation sites excluding steroid dienone is 1. The number of benzene rings is 2. The fourth-order valence-corrected chi connectivity index (χ4v) is 5.07. The van der Waals surface area contributed by atoms with Crippen molar-refractivity contribution in [2.24, 2.45) is 0 Å². The number of halogens is 2. The summed E-state index contributed by atoms with van der Waals surface area (Å²) in [5, 5.41) is 9.63. The Balaban J connectivity index is 1.69. The fraction of sp³-hybridized carbons (Fsp3) is 0.370. The maximum Gasteiger partial charge on any atom is 0.338 e. The lowest BCUT2D eigenvalue weighted by atomic mass is 9.95. The smallest absolute Gasteiger partial charge is 0.338 e. The molecular formula is C27H30Cl2N4O4S. The Morgan fingerprint density at radius 1 is 1.16 bits per heavy atom. The Morgan fingerprint density at radius 2 is 1.97 bits per heavy atom. The molecule has 4 rings (SSSR count). The van der Waals surface area contributed by atoms with Gasteiger partial charge in [-0.2, -0.15) is 4.98 Å². The largest absolute Gasteiger partial charge is 0.493 e. The number of methoxy groups -OCH3 is 1. The third-order valence-corrected chi connectivity index (χ3v) is 7.27. The molecule has 1 aromatic heterocycles. The van der Waals surface area contributed by atoms with Crippen LogP contribution in [-0.2, 0) is 16.1 Å². The molecule has 0 fully saturated rings. The number of nitrogens with one attached hydrogen (secondary N) is 1. The number of fused-ring (bicyclic) bond motifs is 1. The number of thioether (sulfide) groups is 1. The van der Waals surface area contributed by atoms with Gasteiger partial charge in [-0.15, -0.1) is 5.10 Å². The first-order chi connectivity index (χ1) is 18.4. The van der Waals surface area contributed by atoms with E-state index in [0.717, 1.165) is 29.7 Å². The summed E-state index contributed by atoms with van der Waals surface area (Å²) >= 11 is 13.8. The van der Waals surface area contributed by atoms with Crippen LogP contribution in [-0.4, -0.2) is 40.2 Å². The number of carbonyl (C=O) groups is 1. The molecule has 0 aliphatic carbocycles. The number of ether oxygens (including phenoxy) is 3. The average Bonchev–Trinajstić information content (AvgIpc) is 3.29. The molecule has 1 unspecified atom stereocenters. The number of carbonyl (C=O) groups excluding carboxylic acids is 1. The van der Waals surface area contributed by atoms with Gasteiger partial charge < -0.3 is 19.5 Å². The van der Waals surface area contributed by atoms with Crippen LogP contribution in [0.2, 0.25) is 10.0 Å². The Labute approximate surface area is 236 Å². The molecule has 11 heteroatoms. The first-order valence-electron chi connectivity index (χ1n) is 12.3. The minimum Gasteiger partial charge on any atom is -0.493 e. The Bertz CT molecular complexity index is 1340. The first kappa shape index (κ1) is 28.1. The molecule has 0 saturated heterocycles. The Hall–Kier alpha value is -2.88. The number of hydrogen-bond donors (Lipinski definition) is 1. The summed E-state index contributed by atoms with van der Waals surface area (Å²) in [7, 11) is 1.57. The maximum absolute atomic E-state index is 13.3. The number of nitrogens with zero attached hydrogens (tertiary/aromatic N) is 3. The van der Waals surface area contributed by atoms with Crippen LogP contribution in [0.15, 0.2) is 52.8 Å². The lowest BCUT2D eigenvalue weighted by Gasteiger charge is -2.28. The fourth-order valence-electron chi connectivity index (χ4n) is 4.05. The molecule has 0 spiro atoms. The molecule has 0 amide bonds. The molecule has 2 aromatic carbocycles. The maximum atomic E-state index is 13.3. The van der Waals surface area contributed by atoms with Gasteiger partial charge in [0.25, 0.3) is 0 Å². The predicted octanol–water partition coefficient (Wildman–Crippen LogP) is 6.92. The van der Waals surface area contributed by atoms with Gasteiger partial charge in [-0.3, -0.25) is 0 Å². The third-order valence-electron chi connectivity index (χ3n) is 5.96. The van der Waals surface area contributed by atoms with Crippen LogP contribution in [0.3, 0.4) is 0 Å². The van der Waals surface area contributed by atoms with Gasteiger partial charge in [0.15, 0.2) is 11.5 Å². The monoisotopic (exact) mass is 576 g/mol. The van der Waals surface area contributed by atoms with Crippen LogP contribution < -0.4 is 14.8 Å². The van der Waals surface area contributed by atoms with Crippen molar-refractivity contribution in [2.75, 3.05) is 24.8 Å². The van der Waals surface area contributed by atoms with Crippen LogP contribution in [0.4, 0.5) is 5.95 Å². The second kappa shape index (κ2) is 12.8. The van der Waals surface area contributed by atoms with Gasteiger partial charge in [0.1, 0.15) is 12.6 Å². The van der Waals surface area contributed by atoms with Crippen LogP contribution >= 0.6 is 35.0 Å². The summed E-state index contributed by atoms with van der Waals surface area (Å²) in [4.78, 5) is 17.9. The quantitative estimate of drug-likeness (QED) is 0.149. The lowest BCUT2D eigenvalue weighted by Crippen LogP contribution is -2.29. The van der Waals surface area contributed by atoms with Gasteiger partial charge in [0.2, 0.25) is 11.1 Å². The van der Waals surface area contributed by atoms with E-state index < -0.39 is 12.0 Å². The van der Waals surface area contributed by atoms with E-state index in [1.165, 1.54) is 11.8 Å². The highest BCUT2D eigenvalue weighted by Gasteiger charge is 2.35. The zero-order valence-electron chi connectivity index (χ0n) is 21.7. The molecule has 0 bridgehead atoms. The molecule has 0 saturated carbocycles. The van der Waals surface area contributed by atoms with Crippen LogP contribution in [0.1, 0.15) is 50.8 Å². The number of hydrogen-bond acceptors (Lipinski definition) is 8. The topological polar surface area (TPSA) is 87.5 Å². The molecule has 1 atom stereocenters. The number of anilines is 1. The lowest BCUT2D eigenvalue weighted by molar-refractivity contribution is -0.139. The molecule has 38 heavy (non-hydrogen) atoms. The third kappa shape index (κ3) is 6.22. The zero-order valence-corrected chi connectivity index (χ0v) is 24.0. The summed E-state index contributed by atoms with van der Waals surface area (Å²) in [5.41, 5.74) is 2.71. The van der Waals surface area contributed by atoms with Gasteiger partial charge in [0.05, 0.1) is 19.3 Å². The van der Waals surface area contributed by atoms with Crippen LogP contribution in [0, 0.1) is 0 Å². The number of unbranched alkanes of at least 4 members (excludes halogenated alkanes) is 1. The average molecular weight is 578 g/mol. The number of aromatic nitrogens is 3. The van der Waals surface area contributed by atoms with E-state index in [1.54, 1.807) is 23.9 Å². The summed E-state index contributed by atoms with van der Waals surface area (Å²) < 4.78 is 19.1. The second-order valence-corrected chi connectivity index (χ2v) is 10.7. The minimum atomic E-state index is -0.562. The second-order valence-electron chi connectivity index (χ2n) is 8.59. The van der Waals surface area contributed by atoms with E-state index in [9.17, 15) is 4.79 Å². The van der Waals surface area contributed by atoms with Crippen molar-refractivity contribution in [1.82, 2.24) is 14.8 Å². The molecule has 1 aliphatic heterocycles. The highest BCUT2D eigenvalue weighted by atomic mass is 35.5. The van der Waals surface area contributed by atoms with E-state index in [2.05, 4.69) is 17.2 Å². The summed E-state index contributed by atoms with van der Waals surface area (Å²) in [6.07, 6.45) is 1.72. The number of esters is 1. The van der Waals surface area contributed by atoms with Crippen molar-refractivity contribution in [3.8, 4) is 11.5 Å². The minimum absolute atomic E-state index is 0.234. The van der Waals surface area contributed by atoms with Gasteiger partial charge in [-0.25, -0.2) is 9.48 Å². The van der Waals surface area contributed by atoms with Crippen molar-refractivity contribution >= 4 is 46.9 Å². The van der Waals surface area contributed by atoms with Crippen LogP contribution in [0.5, 0.6) is 11.5 Å². The first-order valence-corrected chi connectivity index (χ1v) is 14.1. The summed E-state index contributed by atoms with van der Waals surface area (Å²) in [5.74, 6) is 2.03. The Kier molecular flexibility index (Phi) is 9.46. The normalized spacial score (nSPS) is 14.6. The van der Waals surface area contributed by atoms with Crippen molar-refractivity contribution in [1.29, 1.82) is 0 Å². The van der Waals surface area contributed by atoms with Gasteiger partial charge in [-0.05, 0) is 48.9 Å². The van der Waals surface area contributed by atoms with Gasteiger partial charge >= 0.3 is 5.97 Å². The number of rotatable bonds is 11. The summed E-state index contributed by atoms with van der Waals surface area (Å²) in [6, 6.07) is 10.3. The molecule has 1 aliphatic rings.